The Labute approximate surface area is 131 Å². The molecule has 0 radical (unpaired) electrons. The van der Waals surface area contributed by atoms with Gasteiger partial charge in [-0.2, -0.15) is 0 Å². The number of rotatable bonds is 8. The summed E-state index contributed by atoms with van der Waals surface area (Å²) in [7, 11) is 1.69. The first-order chi connectivity index (χ1) is 10.1. The molecule has 6 heteroatoms. The van der Waals surface area contributed by atoms with Gasteiger partial charge in [-0.25, -0.2) is 0 Å². The summed E-state index contributed by atoms with van der Waals surface area (Å²) in [6.07, 6.45) is 2.98. The minimum absolute atomic E-state index is 0.140. The maximum Gasteiger partial charge on any atom is 0.173 e. The zero-order valence-corrected chi connectivity index (χ0v) is 14.0. The maximum atomic E-state index is 9.10. The highest BCUT2D eigenvalue weighted by Crippen LogP contribution is 2.31. The van der Waals surface area contributed by atoms with Crippen molar-refractivity contribution < 1.29 is 9.94 Å². The Bertz CT molecular complexity index is 480. The average molecular weight is 311 g/mol. The predicted molar refractivity (Wildman–Crippen MR) is 89.7 cm³/mol. The van der Waals surface area contributed by atoms with Crippen LogP contribution in [-0.4, -0.2) is 43.6 Å². The summed E-state index contributed by atoms with van der Waals surface area (Å²) in [4.78, 5) is 3.24. The van der Waals surface area contributed by atoms with Gasteiger partial charge in [-0.1, -0.05) is 18.1 Å². The Hall–Kier alpha value is -1.40. The molecule has 0 saturated carbocycles. The van der Waals surface area contributed by atoms with Gasteiger partial charge in [0.2, 0.25) is 0 Å². The number of amidine groups is 1. The van der Waals surface area contributed by atoms with Gasteiger partial charge in [0.1, 0.15) is 0 Å². The summed E-state index contributed by atoms with van der Waals surface area (Å²) in [5.74, 6) is 0.140. The van der Waals surface area contributed by atoms with E-state index in [1.807, 2.05) is 24.5 Å². The fraction of sp³-hybridized carbons (Fsp3) is 0.533. The lowest BCUT2D eigenvalue weighted by atomic mass is 10.1. The number of ether oxygens (including phenoxy) is 1. The first-order valence-electron chi connectivity index (χ1n) is 7.01. The molecule has 3 N–H and O–H groups in total. The van der Waals surface area contributed by atoms with Crippen molar-refractivity contribution in [3.8, 4) is 0 Å². The molecule has 1 unspecified atom stereocenters. The first-order valence-corrected chi connectivity index (χ1v) is 8.23. The largest absolute Gasteiger partial charge is 0.409 e. The highest BCUT2D eigenvalue weighted by Gasteiger charge is 2.20. The summed E-state index contributed by atoms with van der Waals surface area (Å²) in [5, 5.41) is 12.3. The predicted octanol–water partition coefficient (Wildman–Crippen LogP) is 2.75. The molecule has 0 aromatic heterocycles. The topological polar surface area (TPSA) is 71.1 Å². The molecule has 0 amide bonds. The van der Waals surface area contributed by atoms with E-state index in [2.05, 4.69) is 23.9 Å². The fourth-order valence-corrected chi connectivity index (χ4v) is 2.85. The monoisotopic (exact) mass is 311 g/mol. The molecule has 21 heavy (non-hydrogen) atoms. The SMILES string of the molecule is CCC(C)N(CCOC)c1cccc(SC)c1/C(N)=N/O. The molecule has 1 aromatic carbocycles. The van der Waals surface area contributed by atoms with E-state index in [1.54, 1.807) is 18.9 Å². The minimum Gasteiger partial charge on any atom is -0.409 e. The van der Waals surface area contributed by atoms with Crippen LogP contribution in [-0.2, 0) is 4.74 Å². The van der Waals surface area contributed by atoms with Gasteiger partial charge in [0.15, 0.2) is 5.84 Å². The van der Waals surface area contributed by atoms with Crippen LogP contribution in [0.3, 0.4) is 0 Å². The molecule has 0 fully saturated rings. The van der Waals surface area contributed by atoms with E-state index in [4.69, 9.17) is 15.7 Å². The Morgan fingerprint density at radius 3 is 2.76 bits per heavy atom. The van der Waals surface area contributed by atoms with Crippen LogP contribution in [0.2, 0.25) is 0 Å². The number of nitrogens with zero attached hydrogens (tertiary/aromatic N) is 2. The van der Waals surface area contributed by atoms with E-state index < -0.39 is 0 Å². The average Bonchev–Trinajstić information content (AvgIpc) is 2.53. The minimum atomic E-state index is 0.140. The summed E-state index contributed by atoms with van der Waals surface area (Å²) in [5.41, 5.74) is 7.67. The molecule has 0 bridgehead atoms. The third-order valence-corrected chi connectivity index (χ3v) is 4.34. The van der Waals surface area contributed by atoms with Gasteiger partial charge in [0.25, 0.3) is 0 Å². The normalized spacial score (nSPS) is 13.2. The van der Waals surface area contributed by atoms with Crippen LogP contribution >= 0.6 is 11.8 Å². The molecule has 0 spiro atoms. The maximum absolute atomic E-state index is 9.10. The van der Waals surface area contributed by atoms with Crippen LogP contribution in [0.15, 0.2) is 28.3 Å². The molecule has 0 aliphatic carbocycles. The second kappa shape index (κ2) is 8.79. The van der Waals surface area contributed by atoms with Gasteiger partial charge in [0, 0.05) is 30.3 Å². The van der Waals surface area contributed by atoms with Gasteiger partial charge < -0.3 is 20.6 Å². The zero-order valence-electron chi connectivity index (χ0n) is 13.2. The van der Waals surface area contributed by atoms with E-state index >= 15 is 0 Å². The van der Waals surface area contributed by atoms with E-state index in [-0.39, 0.29) is 5.84 Å². The highest BCUT2D eigenvalue weighted by molar-refractivity contribution is 7.98. The van der Waals surface area contributed by atoms with Gasteiger partial charge in [-0.05, 0) is 31.7 Å². The lowest BCUT2D eigenvalue weighted by molar-refractivity contribution is 0.203. The summed E-state index contributed by atoms with van der Waals surface area (Å²) >= 11 is 1.58. The summed E-state index contributed by atoms with van der Waals surface area (Å²) < 4.78 is 5.21. The third kappa shape index (κ3) is 4.28. The number of anilines is 1. The molecule has 118 valence electrons. The molecule has 0 aliphatic heterocycles. The van der Waals surface area contributed by atoms with Crippen LogP contribution in [0.5, 0.6) is 0 Å². The van der Waals surface area contributed by atoms with E-state index in [0.717, 1.165) is 29.1 Å². The van der Waals surface area contributed by atoms with Crippen molar-refractivity contribution in [3.63, 3.8) is 0 Å². The van der Waals surface area contributed by atoms with Crippen LogP contribution < -0.4 is 10.6 Å². The third-order valence-electron chi connectivity index (χ3n) is 3.56. The molecule has 1 rings (SSSR count). The fourth-order valence-electron chi connectivity index (χ4n) is 2.22. The number of nitrogens with two attached hydrogens (primary N) is 1. The number of oxime groups is 1. The first kappa shape index (κ1) is 17.7. The Kier molecular flexibility index (Phi) is 7.39. The molecular formula is C15H25N3O2S. The lowest BCUT2D eigenvalue weighted by Gasteiger charge is -2.32. The Morgan fingerprint density at radius 1 is 1.52 bits per heavy atom. The molecule has 0 saturated heterocycles. The van der Waals surface area contributed by atoms with Crippen molar-refractivity contribution in [2.24, 2.45) is 10.9 Å². The number of methoxy groups -OCH3 is 1. The molecule has 0 aliphatic rings. The smallest absolute Gasteiger partial charge is 0.173 e. The second-order valence-electron chi connectivity index (χ2n) is 4.78. The number of hydrogen-bond donors (Lipinski definition) is 2. The molecule has 1 aromatic rings. The summed E-state index contributed by atoms with van der Waals surface area (Å²) in [6, 6.07) is 6.32. The van der Waals surface area contributed by atoms with Gasteiger partial charge in [-0.15, -0.1) is 11.8 Å². The number of thioether (sulfide) groups is 1. The highest BCUT2D eigenvalue weighted by atomic mass is 32.2. The van der Waals surface area contributed by atoms with Gasteiger partial charge >= 0.3 is 0 Å². The molecule has 5 nitrogen and oxygen atoms in total. The van der Waals surface area contributed by atoms with Crippen molar-refractivity contribution >= 4 is 23.3 Å². The van der Waals surface area contributed by atoms with Gasteiger partial charge in [0.05, 0.1) is 12.2 Å². The van der Waals surface area contributed by atoms with E-state index in [9.17, 15) is 0 Å². The summed E-state index contributed by atoms with van der Waals surface area (Å²) in [6.45, 7) is 5.70. The molecule has 1 atom stereocenters. The van der Waals surface area contributed by atoms with Crippen LogP contribution in [0.4, 0.5) is 5.69 Å². The Morgan fingerprint density at radius 2 is 2.24 bits per heavy atom. The second-order valence-corrected chi connectivity index (χ2v) is 5.63. The van der Waals surface area contributed by atoms with Crippen molar-refractivity contribution in [2.75, 3.05) is 31.4 Å². The standard InChI is InChI=1S/C15H25N3O2S/c1-5-11(2)18(9-10-20-3)12-7-6-8-13(21-4)14(12)15(16)17-19/h6-8,11,19H,5,9-10H2,1-4H3,(H2,16,17). The zero-order chi connectivity index (χ0) is 15.8. The van der Waals surface area contributed by atoms with Crippen LogP contribution in [0.25, 0.3) is 0 Å². The quantitative estimate of drug-likeness (QED) is 0.254. The molecule has 0 heterocycles. The van der Waals surface area contributed by atoms with Crippen molar-refractivity contribution in [3.05, 3.63) is 23.8 Å². The van der Waals surface area contributed by atoms with Crippen molar-refractivity contribution in [2.45, 2.75) is 31.2 Å². The van der Waals surface area contributed by atoms with Crippen molar-refractivity contribution in [1.29, 1.82) is 0 Å². The lowest BCUT2D eigenvalue weighted by Crippen LogP contribution is -2.37. The number of benzene rings is 1. The van der Waals surface area contributed by atoms with Gasteiger partial charge in [-0.3, -0.25) is 0 Å². The Balaban J connectivity index is 3.35. The van der Waals surface area contributed by atoms with Crippen molar-refractivity contribution in [1.82, 2.24) is 0 Å². The van der Waals surface area contributed by atoms with Crippen LogP contribution in [0.1, 0.15) is 25.8 Å². The van der Waals surface area contributed by atoms with Crippen LogP contribution in [0, 0.1) is 0 Å². The number of hydrogen-bond acceptors (Lipinski definition) is 5. The van der Waals surface area contributed by atoms with E-state index in [0.29, 0.717) is 12.6 Å². The van der Waals surface area contributed by atoms with E-state index in [1.165, 1.54) is 0 Å². The molecular weight excluding hydrogens is 286 g/mol.